The fourth-order valence-corrected chi connectivity index (χ4v) is 1.05. The number of unbranched alkanes of at least 4 members (excludes halogenated alkanes) is 1. The van der Waals surface area contributed by atoms with Crippen molar-refractivity contribution in [2.45, 2.75) is 32.2 Å². The summed E-state index contributed by atoms with van der Waals surface area (Å²) < 4.78 is 0. The van der Waals surface area contributed by atoms with Gasteiger partial charge in [-0.25, -0.2) is 0 Å². The van der Waals surface area contributed by atoms with Crippen molar-refractivity contribution < 1.29 is 4.79 Å². The first-order valence-electron chi connectivity index (χ1n) is 4.05. The zero-order valence-corrected chi connectivity index (χ0v) is 8.86. The third-order valence-electron chi connectivity index (χ3n) is 1.78. The summed E-state index contributed by atoms with van der Waals surface area (Å²) in [6.07, 6.45) is 3.04. The third-order valence-corrected chi connectivity index (χ3v) is 1.78. The van der Waals surface area contributed by atoms with Gasteiger partial charge in [-0.2, -0.15) is 0 Å². The first-order chi connectivity index (χ1) is 5.09. The Morgan fingerprint density at radius 3 is 2.25 bits per heavy atom. The van der Waals surface area contributed by atoms with Crippen LogP contribution >= 0.6 is 12.4 Å². The van der Waals surface area contributed by atoms with E-state index in [0.29, 0.717) is 0 Å². The lowest BCUT2D eigenvalue weighted by Crippen LogP contribution is -2.40. The number of primary amides is 1. The molecule has 0 saturated heterocycles. The number of likely N-dealkylation sites (N-methyl/N-ethyl adjacent to an activating group) is 1. The van der Waals surface area contributed by atoms with Crippen molar-refractivity contribution in [3.8, 4) is 0 Å². The van der Waals surface area contributed by atoms with E-state index >= 15 is 0 Å². The molecule has 0 aromatic rings. The van der Waals surface area contributed by atoms with Crippen molar-refractivity contribution >= 4 is 18.3 Å². The van der Waals surface area contributed by atoms with Gasteiger partial charge in [-0.1, -0.05) is 19.8 Å². The van der Waals surface area contributed by atoms with E-state index in [-0.39, 0.29) is 24.4 Å². The Labute approximate surface area is 80.7 Å². The summed E-state index contributed by atoms with van der Waals surface area (Å²) in [6.45, 7) is 2.10. The first-order valence-corrected chi connectivity index (χ1v) is 4.05. The second-order valence-electron chi connectivity index (χ2n) is 3.02. The molecule has 0 aliphatic carbocycles. The van der Waals surface area contributed by atoms with Crippen LogP contribution in [-0.4, -0.2) is 30.9 Å². The van der Waals surface area contributed by atoms with Gasteiger partial charge in [0.2, 0.25) is 5.91 Å². The van der Waals surface area contributed by atoms with E-state index in [9.17, 15) is 4.79 Å². The number of nitrogens with two attached hydrogens (primary N) is 1. The van der Waals surface area contributed by atoms with Crippen LogP contribution in [0.15, 0.2) is 0 Å². The van der Waals surface area contributed by atoms with E-state index < -0.39 is 0 Å². The van der Waals surface area contributed by atoms with Gasteiger partial charge in [0.05, 0.1) is 6.04 Å². The highest BCUT2D eigenvalue weighted by atomic mass is 35.5. The van der Waals surface area contributed by atoms with Gasteiger partial charge < -0.3 is 5.73 Å². The second kappa shape index (κ2) is 7.37. The highest BCUT2D eigenvalue weighted by Crippen LogP contribution is 2.04. The number of rotatable bonds is 5. The standard InChI is InChI=1S/C8H18N2O.ClH/c1-4-5-6-7(8(9)11)10(2)3;/h7H,4-6H2,1-3H3,(H2,9,11);1H. The maximum Gasteiger partial charge on any atom is 0.234 e. The van der Waals surface area contributed by atoms with Crippen LogP contribution in [0.5, 0.6) is 0 Å². The minimum atomic E-state index is -0.219. The largest absolute Gasteiger partial charge is 0.368 e. The molecular weight excluding hydrogens is 176 g/mol. The van der Waals surface area contributed by atoms with Gasteiger partial charge in [0, 0.05) is 0 Å². The average molecular weight is 195 g/mol. The molecule has 0 heterocycles. The molecule has 0 aliphatic rings. The molecule has 0 saturated carbocycles. The van der Waals surface area contributed by atoms with Crippen LogP contribution in [0.25, 0.3) is 0 Å². The maximum atomic E-state index is 10.8. The summed E-state index contributed by atoms with van der Waals surface area (Å²) in [7, 11) is 3.76. The Hall–Kier alpha value is -0.280. The molecule has 0 spiro atoms. The van der Waals surface area contributed by atoms with Gasteiger partial charge in [0.25, 0.3) is 0 Å². The molecule has 0 aromatic carbocycles. The van der Waals surface area contributed by atoms with Crippen molar-refractivity contribution in [2.24, 2.45) is 5.73 Å². The van der Waals surface area contributed by atoms with Gasteiger partial charge in [-0.05, 0) is 20.5 Å². The number of hydrogen-bond acceptors (Lipinski definition) is 2. The molecule has 1 atom stereocenters. The third kappa shape index (κ3) is 5.38. The molecule has 12 heavy (non-hydrogen) atoms. The summed E-state index contributed by atoms with van der Waals surface area (Å²) in [5, 5.41) is 0. The molecular formula is C8H19ClN2O. The van der Waals surface area contributed by atoms with E-state index in [1.54, 1.807) is 0 Å². The topological polar surface area (TPSA) is 46.3 Å². The lowest BCUT2D eigenvalue weighted by atomic mass is 10.1. The van der Waals surface area contributed by atoms with Crippen molar-refractivity contribution in [1.82, 2.24) is 4.90 Å². The van der Waals surface area contributed by atoms with E-state index in [1.165, 1.54) is 0 Å². The fourth-order valence-electron chi connectivity index (χ4n) is 1.05. The van der Waals surface area contributed by atoms with Crippen LogP contribution in [0.1, 0.15) is 26.2 Å². The zero-order valence-electron chi connectivity index (χ0n) is 8.04. The van der Waals surface area contributed by atoms with Crippen LogP contribution in [0.2, 0.25) is 0 Å². The van der Waals surface area contributed by atoms with Crippen LogP contribution in [0, 0.1) is 0 Å². The molecule has 2 N–H and O–H groups in total. The van der Waals surface area contributed by atoms with Gasteiger partial charge >= 0.3 is 0 Å². The normalized spacial score (nSPS) is 12.3. The SMILES string of the molecule is CCCCC(C(N)=O)N(C)C.Cl. The summed E-state index contributed by atoms with van der Waals surface area (Å²) in [6, 6.07) is -0.0880. The average Bonchev–Trinajstić information content (AvgIpc) is 1.87. The quantitative estimate of drug-likeness (QED) is 0.710. The lowest BCUT2D eigenvalue weighted by Gasteiger charge is -2.20. The van der Waals surface area contributed by atoms with Crippen LogP contribution < -0.4 is 5.73 Å². The van der Waals surface area contributed by atoms with E-state index in [2.05, 4.69) is 6.92 Å². The highest BCUT2D eigenvalue weighted by Gasteiger charge is 2.15. The summed E-state index contributed by atoms with van der Waals surface area (Å²) in [5.41, 5.74) is 5.20. The highest BCUT2D eigenvalue weighted by molar-refractivity contribution is 5.85. The molecule has 4 heteroatoms. The maximum absolute atomic E-state index is 10.8. The summed E-state index contributed by atoms with van der Waals surface area (Å²) in [5.74, 6) is -0.219. The number of carbonyl (C=O) groups is 1. The number of amides is 1. The van der Waals surface area contributed by atoms with Gasteiger partial charge in [-0.3, -0.25) is 9.69 Å². The number of carbonyl (C=O) groups excluding carboxylic acids is 1. The van der Waals surface area contributed by atoms with E-state index in [4.69, 9.17) is 5.73 Å². The predicted octanol–water partition coefficient (Wildman–Crippen LogP) is 1.01. The minimum absolute atomic E-state index is 0. The zero-order chi connectivity index (χ0) is 8.85. The Bertz CT molecular complexity index is 128. The van der Waals surface area contributed by atoms with Gasteiger partial charge in [0.1, 0.15) is 0 Å². The Morgan fingerprint density at radius 1 is 1.50 bits per heavy atom. The fraction of sp³-hybridized carbons (Fsp3) is 0.875. The van der Waals surface area contributed by atoms with Gasteiger partial charge in [-0.15, -0.1) is 12.4 Å². The smallest absolute Gasteiger partial charge is 0.234 e. The molecule has 1 amide bonds. The lowest BCUT2D eigenvalue weighted by molar-refractivity contribution is -0.122. The van der Waals surface area contributed by atoms with Crippen LogP contribution in [0.3, 0.4) is 0 Å². The van der Waals surface area contributed by atoms with E-state index in [1.807, 2.05) is 19.0 Å². The molecule has 74 valence electrons. The number of nitrogens with zero attached hydrogens (tertiary/aromatic N) is 1. The number of hydrogen-bond donors (Lipinski definition) is 1. The number of halogens is 1. The van der Waals surface area contributed by atoms with Gasteiger partial charge in [0.15, 0.2) is 0 Å². The van der Waals surface area contributed by atoms with Crippen LogP contribution in [-0.2, 0) is 4.79 Å². The Morgan fingerprint density at radius 2 is 2.00 bits per heavy atom. The first kappa shape index (κ1) is 14.3. The molecule has 1 unspecified atom stereocenters. The Kier molecular flexibility index (Phi) is 8.76. The molecule has 0 rings (SSSR count). The minimum Gasteiger partial charge on any atom is -0.368 e. The monoisotopic (exact) mass is 194 g/mol. The van der Waals surface area contributed by atoms with Crippen molar-refractivity contribution in [3.05, 3.63) is 0 Å². The second-order valence-corrected chi connectivity index (χ2v) is 3.02. The molecule has 0 fully saturated rings. The van der Waals surface area contributed by atoms with Crippen molar-refractivity contribution in [3.63, 3.8) is 0 Å². The van der Waals surface area contributed by atoms with Crippen molar-refractivity contribution in [1.29, 1.82) is 0 Å². The Balaban J connectivity index is 0. The van der Waals surface area contributed by atoms with Crippen LogP contribution in [0.4, 0.5) is 0 Å². The molecule has 0 bridgehead atoms. The van der Waals surface area contributed by atoms with E-state index in [0.717, 1.165) is 19.3 Å². The van der Waals surface area contributed by atoms with Crippen molar-refractivity contribution in [2.75, 3.05) is 14.1 Å². The summed E-state index contributed by atoms with van der Waals surface area (Å²) >= 11 is 0. The summed E-state index contributed by atoms with van der Waals surface area (Å²) in [4.78, 5) is 12.7. The molecule has 0 aromatic heterocycles. The predicted molar refractivity (Wildman–Crippen MR) is 53.4 cm³/mol. The molecule has 3 nitrogen and oxygen atoms in total. The molecule has 0 radical (unpaired) electrons. The molecule has 0 aliphatic heterocycles.